The smallest absolute Gasteiger partial charge is 0.229 e. The average Bonchev–Trinajstić information content (AvgIpc) is 3.24. The van der Waals surface area contributed by atoms with Gasteiger partial charge in [0, 0.05) is 24.9 Å². The first-order valence-corrected chi connectivity index (χ1v) is 7.95. The maximum Gasteiger partial charge on any atom is 0.229 e. The van der Waals surface area contributed by atoms with Gasteiger partial charge in [-0.3, -0.25) is 0 Å². The van der Waals surface area contributed by atoms with E-state index in [1.807, 2.05) is 0 Å². The van der Waals surface area contributed by atoms with Crippen molar-refractivity contribution in [2.45, 2.75) is 38.5 Å². The third-order valence-corrected chi connectivity index (χ3v) is 4.24. The molecule has 0 bridgehead atoms. The normalized spacial score (nSPS) is 18.9. The number of nitrogens with zero attached hydrogens (tertiary/aromatic N) is 6. The van der Waals surface area contributed by atoms with Crippen LogP contribution in [0.5, 0.6) is 0 Å². The highest BCUT2D eigenvalue weighted by Gasteiger charge is 2.27. The molecule has 0 aliphatic carbocycles. The Bertz CT molecular complexity index is 809. The van der Waals surface area contributed by atoms with Gasteiger partial charge in [-0.15, -0.1) is 0 Å². The Morgan fingerprint density at radius 2 is 2.22 bits per heavy atom. The summed E-state index contributed by atoms with van der Waals surface area (Å²) in [5.41, 5.74) is 1.57. The van der Waals surface area contributed by atoms with E-state index in [1.54, 1.807) is 12.7 Å². The zero-order valence-electron chi connectivity index (χ0n) is 13.2. The molecule has 4 rings (SSSR count). The Labute approximate surface area is 133 Å². The Morgan fingerprint density at radius 1 is 1.30 bits per heavy atom. The van der Waals surface area contributed by atoms with Crippen molar-refractivity contribution in [3.05, 3.63) is 24.4 Å². The van der Waals surface area contributed by atoms with Gasteiger partial charge in [0.25, 0.3) is 0 Å². The van der Waals surface area contributed by atoms with Crippen LogP contribution < -0.4 is 4.90 Å². The van der Waals surface area contributed by atoms with E-state index < -0.39 is 0 Å². The number of H-pyrrole nitrogens is 1. The van der Waals surface area contributed by atoms with Crippen LogP contribution in [0, 0.1) is 0 Å². The lowest BCUT2D eigenvalue weighted by molar-refractivity contribution is 0.354. The standard InChI is InChI=1S/C15H19N7O/c1-9(2)15-20-12(21-23-15)10-4-3-5-22(6-10)14-11-13(17-7-16-11)18-8-19-14/h7-10H,3-6H2,1-2H3,(H,16,17,18,19)/t10-/m0/s1. The van der Waals surface area contributed by atoms with E-state index in [0.29, 0.717) is 11.5 Å². The monoisotopic (exact) mass is 313 g/mol. The van der Waals surface area contributed by atoms with E-state index in [4.69, 9.17) is 4.52 Å². The zero-order valence-corrected chi connectivity index (χ0v) is 13.2. The average molecular weight is 313 g/mol. The van der Waals surface area contributed by atoms with Crippen molar-refractivity contribution in [1.29, 1.82) is 0 Å². The van der Waals surface area contributed by atoms with Crippen LogP contribution in [-0.2, 0) is 0 Å². The predicted octanol–water partition coefficient (Wildman–Crippen LogP) is 2.24. The predicted molar refractivity (Wildman–Crippen MR) is 84.3 cm³/mol. The molecule has 8 nitrogen and oxygen atoms in total. The molecule has 0 spiro atoms. The second-order valence-electron chi connectivity index (χ2n) is 6.23. The van der Waals surface area contributed by atoms with Gasteiger partial charge in [-0.05, 0) is 12.8 Å². The van der Waals surface area contributed by atoms with Crippen LogP contribution in [0.1, 0.15) is 50.2 Å². The van der Waals surface area contributed by atoms with Crippen molar-refractivity contribution in [2.75, 3.05) is 18.0 Å². The van der Waals surface area contributed by atoms with E-state index in [1.165, 1.54) is 0 Å². The Kier molecular flexibility index (Phi) is 3.44. The number of fused-ring (bicyclic) bond motifs is 1. The van der Waals surface area contributed by atoms with Gasteiger partial charge in [-0.1, -0.05) is 19.0 Å². The second kappa shape index (κ2) is 5.60. The number of hydrogen-bond acceptors (Lipinski definition) is 7. The molecule has 1 N–H and O–H groups in total. The molecule has 1 fully saturated rings. The lowest BCUT2D eigenvalue weighted by Crippen LogP contribution is -2.35. The molecule has 120 valence electrons. The number of imidazole rings is 1. The number of piperidine rings is 1. The molecule has 0 aromatic carbocycles. The maximum absolute atomic E-state index is 5.36. The molecule has 1 aliphatic rings. The summed E-state index contributed by atoms with van der Waals surface area (Å²) in [5.74, 6) is 2.91. The summed E-state index contributed by atoms with van der Waals surface area (Å²) in [6.45, 7) is 5.89. The fraction of sp³-hybridized carbons (Fsp3) is 0.533. The number of nitrogens with one attached hydrogen (secondary N) is 1. The first kappa shape index (κ1) is 14.1. The van der Waals surface area contributed by atoms with Gasteiger partial charge in [0.05, 0.1) is 6.33 Å². The van der Waals surface area contributed by atoms with Crippen molar-refractivity contribution in [3.63, 3.8) is 0 Å². The molecule has 3 aromatic heterocycles. The number of aromatic amines is 1. The van der Waals surface area contributed by atoms with Crippen molar-refractivity contribution in [2.24, 2.45) is 0 Å². The molecule has 1 aliphatic heterocycles. The van der Waals surface area contributed by atoms with Crippen LogP contribution >= 0.6 is 0 Å². The van der Waals surface area contributed by atoms with Gasteiger partial charge in [0.15, 0.2) is 17.3 Å². The quantitative estimate of drug-likeness (QED) is 0.792. The summed E-state index contributed by atoms with van der Waals surface area (Å²) in [4.78, 5) is 22.8. The fourth-order valence-electron chi connectivity index (χ4n) is 3.02. The molecule has 0 unspecified atom stereocenters. The highest BCUT2D eigenvalue weighted by Crippen LogP contribution is 2.30. The molecule has 1 saturated heterocycles. The molecular weight excluding hydrogens is 294 g/mol. The van der Waals surface area contributed by atoms with Gasteiger partial charge >= 0.3 is 0 Å². The summed E-state index contributed by atoms with van der Waals surface area (Å²) in [6.07, 6.45) is 5.34. The molecule has 3 aromatic rings. The summed E-state index contributed by atoms with van der Waals surface area (Å²) in [6, 6.07) is 0. The molecule has 0 saturated carbocycles. The zero-order chi connectivity index (χ0) is 15.8. The van der Waals surface area contributed by atoms with Crippen molar-refractivity contribution in [3.8, 4) is 0 Å². The largest absolute Gasteiger partial charge is 0.354 e. The van der Waals surface area contributed by atoms with E-state index in [9.17, 15) is 0 Å². The van der Waals surface area contributed by atoms with Crippen LogP contribution in [0.15, 0.2) is 17.2 Å². The third-order valence-electron chi connectivity index (χ3n) is 4.24. The van der Waals surface area contributed by atoms with Gasteiger partial charge < -0.3 is 14.4 Å². The lowest BCUT2D eigenvalue weighted by Gasteiger charge is -2.32. The number of hydrogen-bond donors (Lipinski definition) is 1. The van der Waals surface area contributed by atoms with Gasteiger partial charge in [-0.25, -0.2) is 15.0 Å². The van der Waals surface area contributed by atoms with Gasteiger partial charge in [0.1, 0.15) is 11.8 Å². The van der Waals surface area contributed by atoms with Gasteiger partial charge in [0.2, 0.25) is 5.89 Å². The van der Waals surface area contributed by atoms with Crippen molar-refractivity contribution >= 4 is 17.0 Å². The highest BCUT2D eigenvalue weighted by molar-refractivity contribution is 5.82. The molecule has 8 heteroatoms. The van der Waals surface area contributed by atoms with Crippen molar-refractivity contribution < 1.29 is 4.52 Å². The SMILES string of the molecule is CC(C)c1nc([C@H]2CCCN(c3ncnc4nc[nH]c34)C2)no1. The summed E-state index contributed by atoms with van der Waals surface area (Å²) >= 11 is 0. The Morgan fingerprint density at radius 3 is 3.04 bits per heavy atom. The summed E-state index contributed by atoms with van der Waals surface area (Å²) in [7, 11) is 0. The lowest BCUT2D eigenvalue weighted by atomic mass is 9.97. The number of anilines is 1. The van der Waals surface area contributed by atoms with Crippen LogP contribution in [0.2, 0.25) is 0 Å². The molecular formula is C15H19N7O. The molecule has 1 atom stereocenters. The minimum Gasteiger partial charge on any atom is -0.354 e. The second-order valence-corrected chi connectivity index (χ2v) is 6.23. The summed E-state index contributed by atoms with van der Waals surface area (Å²) in [5, 5.41) is 4.18. The van der Waals surface area contributed by atoms with Crippen LogP contribution in [0.3, 0.4) is 0 Å². The third kappa shape index (κ3) is 2.54. The molecule has 0 amide bonds. The minimum atomic E-state index is 0.252. The van der Waals surface area contributed by atoms with Crippen LogP contribution in [0.25, 0.3) is 11.2 Å². The molecule has 4 heterocycles. The first-order valence-electron chi connectivity index (χ1n) is 7.95. The van der Waals surface area contributed by atoms with Crippen LogP contribution in [-0.4, -0.2) is 43.2 Å². The Hall–Kier alpha value is -2.51. The number of aromatic nitrogens is 6. The Balaban J connectivity index is 1.60. The fourth-order valence-corrected chi connectivity index (χ4v) is 3.02. The van der Waals surface area contributed by atoms with Crippen molar-refractivity contribution in [1.82, 2.24) is 30.1 Å². The summed E-state index contributed by atoms with van der Waals surface area (Å²) < 4.78 is 5.36. The van der Waals surface area contributed by atoms with E-state index >= 15 is 0 Å². The minimum absolute atomic E-state index is 0.252. The van der Waals surface area contributed by atoms with E-state index in [2.05, 4.69) is 48.8 Å². The number of rotatable bonds is 3. The highest BCUT2D eigenvalue weighted by atomic mass is 16.5. The van der Waals surface area contributed by atoms with E-state index in [-0.39, 0.29) is 11.8 Å². The molecule has 23 heavy (non-hydrogen) atoms. The molecule has 0 radical (unpaired) electrons. The topological polar surface area (TPSA) is 96.6 Å². The van der Waals surface area contributed by atoms with Crippen LogP contribution in [0.4, 0.5) is 5.82 Å². The van der Waals surface area contributed by atoms with Gasteiger partial charge in [-0.2, -0.15) is 4.98 Å². The maximum atomic E-state index is 5.36. The van der Waals surface area contributed by atoms with E-state index in [0.717, 1.165) is 43.1 Å². The first-order chi connectivity index (χ1) is 11.2.